The lowest BCUT2D eigenvalue weighted by Gasteiger charge is -2.26. The molecule has 0 saturated carbocycles. The molecule has 1 heterocycles. The minimum Gasteiger partial charge on any atom is -0.486 e. The van der Waals surface area contributed by atoms with Crippen molar-refractivity contribution >= 4 is 17.4 Å². The third-order valence-corrected chi connectivity index (χ3v) is 3.76. The standard InChI is InChI=1S/C17H25N3O3/c1-3-14-10-20-15-9-13(5-6-17(15)23-14)16(22)11-18-7-4-8-19-12(2)21/h5-6,9,14,18,20H,3-4,7-8,10-11H2,1-2H3,(H,19,21). The van der Waals surface area contributed by atoms with Gasteiger partial charge in [-0.05, 0) is 37.6 Å². The van der Waals surface area contributed by atoms with E-state index < -0.39 is 0 Å². The number of ketones is 1. The molecular weight excluding hydrogens is 294 g/mol. The first kappa shape index (κ1) is 17.3. The number of hydrogen-bond donors (Lipinski definition) is 3. The molecule has 6 nitrogen and oxygen atoms in total. The molecule has 0 radical (unpaired) electrons. The quantitative estimate of drug-likeness (QED) is 0.501. The molecule has 23 heavy (non-hydrogen) atoms. The Morgan fingerprint density at radius 3 is 2.91 bits per heavy atom. The Hall–Kier alpha value is -2.08. The average molecular weight is 319 g/mol. The van der Waals surface area contributed by atoms with Crippen molar-refractivity contribution in [3.8, 4) is 5.75 Å². The fraction of sp³-hybridized carbons (Fsp3) is 0.529. The molecule has 1 aliphatic heterocycles. The molecule has 2 rings (SSSR count). The highest BCUT2D eigenvalue weighted by molar-refractivity contribution is 5.98. The van der Waals surface area contributed by atoms with Crippen LogP contribution in [0.2, 0.25) is 0 Å². The Bertz CT molecular complexity index is 560. The molecule has 1 amide bonds. The molecular formula is C17H25N3O3. The third-order valence-electron chi connectivity index (χ3n) is 3.76. The van der Waals surface area contributed by atoms with Crippen LogP contribution in [0.1, 0.15) is 37.0 Å². The maximum absolute atomic E-state index is 12.2. The van der Waals surface area contributed by atoms with E-state index in [0.717, 1.165) is 30.8 Å². The average Bonchev–Trinajstić information content (AvgIpc) is 2.56. The number of carbonyl (C=O) groups is 2. The maximum atomic E-state index is 12.2. The molecule has 3 N–H and O–H groups in total. The molecule has 0 fully saturated rings. The number of carbonyl (C=O) groups excluding carboxylic acids is 2. The molecule has 0 spiro atoms. The molecule has 1 unspecified atom stereocenters. The van der Waals surface area contributed by atoms with Crippen LogP contribution in [-0.4, -0.2) is 44.0 Å². The summed E-state index contributed by atoms with van der Waals surface area (Å²) < 4.78 is 5.84. The van der Waals surface area contributed by atoms with E-state index in [9.17, 15) is 9.59 Å². The van der Waals surface area contributed by atoms with Gasteiger partial charge >= 0.3 is 0 Å². The molecule has 1 aromatic carbocycles. The molecule has 0 bridgehead atoms. The van der Waals surface area contributed by atoms with Gasteiger partial charge in [0.05, 0.1) is 18.8 Å². The number of benzene rings is 1. The smallest absolute Gasteiger partial charge is 0.216 e. The van der Waals surface area contributed by atoms with Gasteiger partial charge in [0.25, 0.3) is 0 Å². The summed E-state index contributed by atoms with van der Waals surface area (Å²) in [6.45, 7) is 5.95. The monoisotopic (exact) mass is 319 g/mol. The number of ether oxygens (including phenoxy) is 1. The molecule has 0 saturated heterocycles. The second kappa shape index (κ2) is 8.53. The summed E-state index contributed by atoms with van der Waals surface area (Å²) in [5.41, 5.74) is 1.55. The molecule has 0 aliphatic carbocycles. The van der Waals surface area contributed by atoms with Crippen molar-refractivity contribution in [3.05, 3.63) is 23.8 Å². The van der Waals surface area contributed by atoms with E-state index in [1.54, 1.807) is 6.07 Å². The van der Waals surface area contributed by atoms with Crippen LogP contribution in [0.5, 0.6) is 5.75 Å². The topological polar surface area (TPSA) is 79.5 Å². The zero-order valence-electron chi connectivity index (χ0n) is 13.8. The van der Waals surface area contributed by atoms with E-state index in [0.29, 0.717) is 18.7 Å². The van der Waals surface area contributed by atoms with E-state index in [1.165, 1.54) is 6.92 Å². The van der Waals surface area contributed by atoms with Gasteiger partial charge in [-0.1, -0.05) is 6.92 Å². The highest BCUT2D eigenvalue weighted by Gasteiger charge is 2.18. The Morgan fingerprint density at radius 2 is 2.17 bits per heavy atom. The molecule has 126 valence electrons. The van der Waals surface area contributed by atoms with Gasteiger partial charge < -0.3 is 20.7 Å². The van der Waals surface area contributed by atoms with Crippen LogP contribution in [0.25, 0.3) is 0 Å². The number of amides is 1. The van der Waals surface area contributed by atoms with E-state index >= 15 is 0 Å². The van der Waals surface area contributed by atoms with Crippen LogP contribution >= 0.6 is 0 Å². The summed E-state index contributed by atoms with van der Waals surface area (Å²) in [4.78, 5) is 22.9. The Balaban J connectivity index is 1.78. The summed E-state index contributed by atoms with van der Waals surface area (Å²) in [6.07, 6.45) is 1.94. The minimum atomic E-state index is -0.0323. The van der Waals surface area contributed by atoms with Crippen LogP contribution < -0.4 is 20.7 Å². The van der Waals surface area contributed by atoms with Crippen molar-refractivity contribution in [2.75, 3.05) is 31.5 Å². The highest BCUT2D eigenvalue weighted by atomic mass is 16.5. The first-order valence-electron chi connectivity index (χ1n) is 8.13. The third kappa shape index (κ3) is 5.25. The number of nitrogens with one attached hydrogen (secondary N) is 3. The lowest BCUT2D eigenvalue weighted by molar-refractivity contribution is -0.118. The fourth-order valence-corrected chi connectivity index (χ4v) is 2.40. The fourth-order valence-electron chi connectivity index (χ4n) is 2.40. The van der Waals surface area contributed by atoms with Crippen LogP contribution in [0, 0.1) is 0 Å². The van der Waals surface area contributed by atoms with Gasteiger partial charge in [0.1, 0.15) is 11.9 Å². The SMILES string of the molecule is CCC1CNc2cc(C(=O)CNCCCNC(C)=O)ccc2O1. The lowest BCUT2D eigenvalue weighted by Crippen LogP contribution is -2.30. The first-order valence-corrected chi connectivity index (χ1v) is 8.13. The number of anilines is 1. The Kier molecular flexibility index (Phi) is 6.40. The van der Waals surface area contributed by atoms with Crippen LogP contribution in [0.3, 0.4) is 0 Å². The van der Waals surface area contributed by atoms with Gasteiger partial charge in [-0.2, -0.15) is 0 Å². The normalized spacial score (nSPS) is 16.0. The Labute approximate surface area is 137 Å². The Morgan fingerprint density at radius 1 is 1.35 bits per heavy atom. The predicted molar refractivity (Wildman–Crippen MR) is 90.1 cm³/mol. The summed E-state index contributed by atoms with van der Waals surface area (Å²) in [6, 6.07) is 5.51. The lowest BCUT2D eigenvalue weighted by atomic mass is 10.1. The molecule has 1 aromatic rings. The van der Waals surface area contributed by atoms with Crippen LogP contribution in [0.4, 0.5) is 5.69 Å². The second-order valence-electron chi connectivity index (χ2n) is 5.68. The van der Waals surface area contributed by atoms with Crippen molar-refractivity contribution < 1.29 is 14.3 Å². The largest absolute Gasteiger partial charge is 0.486 e. The van der Waals surface area contributed by atoms with E-state index in [-0.39, 0.29) is 24.3 Å². The summed E-state index contributed by atoms with van der Waals surface area (Å²) in [5.74, 6) is 0.824. The number of Topliss-reactive ketones (excluding diaryl/α,β-unsaturated/α-hetero) is 1. The van der Waals surface area contributed by atoms with E-state index in [4.69, 9.17) is 4.74 Å². The van der Waals surface area contributed by atoms with Gasteiger partial charge in [-0.15, -0.1) is 0 Å². The van der Waals surface area contributed by atoms with Gasteiger partial charge in [0, 0.05) is 19.0 Å². The molecule has 1 aliphatic rings. The first-order chi connectivity index (χ1) is 11.1. The van der Waals surface area contributed by atoms with Crippen LogP contribution in [-0.2, 0) is 4.79 Å². The highest BCUT2D eigenvalue weighted by Crippen LogP contribution is 2.30. The maximum Gasteiger partial charge on any atom is 0.216 e. The summed E-state index contributed by atoms with van der Waals surface area (Å²) in [7, 11) is 0. The number of rotatable bonds is 8. The minimum absolute atomic E-state index is 0.0323. The van der Waals surface area contributed by atoms with Gasteiger partial charge in [-0.3, -0.25) is 9.59 Å². The summed E-state index contributed by atoms with van der Waals surface area (Å²) in [5, 5.41) is 9.14. The van der Waals surface area contributed by atoms with Crippen molar-refractivity contribution in [2.45, 2.75) is 32.8 Å². The van der Waals surface area contributed by atoms with Gasteiger partial charge in [0.2, 0.25) is 5.91 Å². The van der Waals surface area contributed by atoms with Crippen molar-refractivity contribution in [2.24, 2.45) is 0 Å². The van der Waals surface area contributed by atoms with E-state index in [2.05, 4.69) is 22.9 Å². The van der Waals surface area contributed by atoms with Gasteiger partial charge in [-0.25, -0.2) is 0 Å². The predicted octanol–water partition coefficient (Wildman–Crippen LogP) is 1.57. The van der Waals surface area contributed by atoms with Crippen molar-refractivity contribution in [1.82, 2.24) is 10.6 Å². The summed E-state index contributed by atoms with van der Waals surface area (Å²) >= 11 is 0. The van der Waals surface area contributed by atoms with Crippen LogP contribution in [0.15, 0.2) is 18.2 Å². The number of hydrogen-bond acceptors (Lipinski definition) is 5. The molecule has 0 aromatic heterocycles. The van der Waals surface area contributed by atoms with Gasteiger partial charge in [0.15, 0.2) is 5.78 Å². The second-order valence-corrected chi connectivity index (χ2v) is 5.68. The zero-order valence-corrected chi connectivity index (χ0v) is 13.8. The van der Waals surface area contributed by atoms with Crippen molar-refractivity contribution in [3.63, 3.8) is 0 Å². The van der Waals surface area contributed by atoms with E-state index in [1.807, 2.05) is 12.1 Å². The number of fused-ring (bicyclic) bond motifs is 1. The zero-order chi connectivity index (χ0) is 16.7. The van der Waals surface area contributed by atoms with Crippen molar-refractivity contribution in [1.29, 1.82) is 0 Å². The molecule has 1 atom stereocenters. The molecule has 6 heteroatoms.